The van der Waals surface area contributed by atoms with Crippen LogP contribution in [-0.2, 0) is 0 Å². The Bertz CT molecular complexity index is 244. The highest BCUT2D eigenvalue weighted by atomic mass is 15.1. The van der Waals surface area contributed by atoms with Gasteiger partial charge in [-0.25, -0.2) is 0 Å². The molecule has 2 heteroatoms. The van der Waals surface area contributed by atoms with Crippen molar-refractivity contribution in [1.29, 1.82) is 0 Å². The number of hydrogen-bond acceptors (Lipinski definition) is 2. The molecule has 0 amide bonds. The summed E-state index contributed by atoms with van der Waals surface area (Å²) in [7, 11) is 0. The van der Waals surface area contributed by atoms with Gasteiger partial charge in [0.25, 0.3) is 0 Å². The van der Waals surface area contributed by atoms with E-state index in [4.69, 9.17) is 5.73 Å². The molecule has 0 aromatic carbocycles. The molecule has 0 atom stereocenters. The standard InChI is InChI=1S/C16H32N2/c1-15(2,14-17)6-5-11-18-12-9-16(10-13-18)7-3-4-8-16/h3-14,17H2,1-2H3. The zero-order chi connectivity index (χ0) is 13.1. The summed E-state index contributed by atoms with van der Waals surface area (Å²) < 4.78 is 0. The molecule has 1 aliphatic carbocycles. The minimum atomic E-state index is 0.336. The summed E-state index contributed by atoms with van der Waals surface area (Å²) in [5.74, 6) is 0. The first kappa shape index (κ1) is 14.3. The van der Waals surface area contributed by atoms with E-state index in [0.29, 0.717) is 5.41 Å². The largest absolute Gasteiger partial charge is 0.330 e. The molecular formula is C16H32N2. The molecule has 0 aromatic heterocycles. The summed E-state index contributed by atoms with van der Waals surface area (Å²) in [6.45, 7) is 9.38. The number of rotatable bonds is 5. The van der Waals surface area contributed by atoms with Gasteiger partial charge in [0.2, 0.25) is 0 Å². The van der Waals surface area contributed by atoms with Crippen molar-refractivity contribution in [2.45, 2.75) is 65.2 Å². The summed E-state index contributed by atoms with van der Waals surface area (Å²) in [6, 6.07) is 0. The van der Waals surface area contributed by atoms with Crippen LogP contribution in [0.2, 0.25) is 0 Å². The molecule has 2 nitrogen and oxygen atoms in total. The van der Waals surface area contributed by atoms with Crippen molar-refractivity contribution in [2.75, 3.05) is 26.2 Å². The molecule has 0 bridgehead atoms. The van der Waals surface area contributed by atoms with Crippen molar-refractivity contribution in [2.24, 2.45) is 16.6 Å². The van der Waals surface area contributed by atoms with Gasteiger partial charge >= 0.3 is 0 Å². The molecule has 106 valence electrons. The third-order valence-corrected chi connectivity index (χ3v) is 5.46. The van der Waals surface area contributed by atoms with Crippen LogP contribution in [0.1, 0.15) is 65.2 Å². The topological polar surface area (TPSA) is 29.3 Å². The molecule has 1 saturated carbocycles. The lowest BCUT2D eigenvalue weighted by molar-refractivity contribution is 0.104. The average Bonchev–Trinajstić information content (AvgIpc) is 2.81. The molecule has 0 aromatic rings. The van der Waals surface area contributed by atoms with Crippen LogP contribution in [0.5, 0.6) is 0 Å². The van der Waals surface area contributed by atoms with Gasteiger partial charge in [0.15, 0.2) is 0 Å². The second-order valence-electron chi connectivity index (χ2n) is 7.52. The van der Waals surface area contributed by atoms with E-state index in [2.05, 4.69) is 18.7 Å². The third-order valence-electron chi connectivity index (χ3n) is 5.46. The Morgan fingerprint density at radius 1 is 1.06 bits per heavy atom. The SMILES string of the molecule is CC(C)(CN)CCCN1CCC2(CCCC2)CC1. The molecule has 1 spiro atoms. The number of likely N-dealkylation sites (tertiary alicyclic amines) is 1. The molecule has 0 unspecified atom stereocenters. The highest BCUT2D eigenvalue weighted by molar-refractivity contribution is 4.89. The van der Waals surface area contributed by atoms with Gasteiger partial charge in [0.05, 0.1) is 0 Å². The van der Waals surface area contributed by atoms with Crippen LogP contribution < -0.4 is 5.73 Å². The van der Waals surface area contributed by atoms with Crippen LogP contribution in [0.15, 0.2) is 0 Å². The van der Waals surface area contributed by atoms with Crippen molar-refractivity contribution >= 4 is 0 Å². The maximum atomic E-state index is 5.79. The minimum Gasteiger partial charge on any atom is -0.330 e. The Balaban J connectivity index is 1.65. The van der Waals surface area contributed by atoms with Crippen molar-refractivity contribution in [3.63, 3.8) is 0 Å². The molecule has 1 heterocycles. The third kappa shape index (κ3) is 3.71. The highest BCUT2D eigenvalue weighted by Crippen LogP contribution is 2.46. The fourth-order valence-corrected chi connectivity index (χ4v) is 3.76. The maximum Gasteiger partial charge on any atom is -0.00134 e. The number of nitrogens with zero attached hydrogens (tertiary/aromatic N) is 1. The lowest BCUT2D eigenvalue weighted by atomic mass is 9.77. The maximum absolute atomic E-state index is 5.79. The first-order chi connectivity index (χ1) is 8.55. The van der Waals surface area contributed by atoms with Crippen molar-refractivity contribution < 1.29 is 0 Å². The Morgan fingerprint density at radius 3 is 2.22 bits per heavy atom. The van der Waals surface area contributed by atoms with Gasteiger partial charge in [-0.3, -0.25) is 0 Å². The highest BCUT2D eigenvalue weighted by Gasteiger charge is 2.36. The van der Waals surface area contributed by atoms with Gasteiger partial charge in [-0.2, -0.15) is 0 Å². The fraction of sp³-hybridized carbons (Fsp3) is 1.00. The van der Waals surface area contributed by atoms with Crippen LogP contribution in [0.25, 0.3) is 0 Å². The lowest BCUT2D eigenvalue weighted by Gasteiger charge is -2.39. The van der Waals surface area contributed by atoms with E-state index in [1.165, 1.54) is 71.0 Å². The second kappa shape index (κ2) is 5.92. The van der Waals surface area contributed by atoms with Crippen LogP contribution in [0.4, 0.5) is 0 Å². The minimum absolute atomic E-state index is 0.336. The molecule has 1 aliphatic heterocycles. The van der Waals surface area contributed by atoms with Gasteiger partial charge in [0, 0.05) is 0 Å². The number of hydrogen-bond donors (Lipinski definition) is 1. The predicted molar refractivity (Wildman–Crippen MR) is 78.6 cm³/mol. The summed E-state index contributed by atoms with van der Waals surface area (Å²) >= 11 is 0. The molecule has 2 rings (SSSR count). The van der Waals surface area contributed by atoms with Crippen molar-refractivity contribution in [3.8, 4) is 0 Å². The van der Waals surface area contributed by atoms with E-state index in [-0.39, 0.29) is 0 Å². The lowest BCUT2D eigenvalue weighted by Crippen LogP contribution is -2.39. The molecule has 0 radical (unpaired) electrons. The van der Waals surface area contributed by atoms with Crippen molar-refractivity contribution in [3.05, 3.63) is 0 Å². The first-order valence-corrected chi connectivity index (χ1v) is 7.98. The van der Waals surface area contributed by atoms with Gasteiger partial charge in [-0.05, 0) is 75.5 Å². The molecule has 2 N–H and O–H groups in total. The van der Waals surface area contributed by atoms with Crippen LogP contribution in [0, 0.1) is 10.8 Å². The summed E-state index contributed by atoms with van der Waals surface area (Å²) in [5.41, 5.74) is 6.90. The summed E-state index contributed by atoms with van der Waals surface area (Å²) in [5, 5.41) is 0. The fourth-order valence-electron chi connectivity index (χ4n) is 3.76. The van der Waals surface area contributed by atoms with E-state index in [9.17, 15) is 0 Å². The number of nitrogens with two attached hydrogens (primary N) is 1. The smallest absolute Gasteiger partial charge is 0.00134 e. The first-order valence-electron chi connectivity index (χ1n) is 7.98. The van der Waals surface area contributed by atoms with Crippen LogP contribution >= 0.6 is 0 Å². The monoisotopic (exact) mass is 252 g/mol. The van der Waals surface area contributed by atoms with E-state index in [1.807, 2.05) is 0 Å². The van der Waals surface area contributed by atoms with Gasteiger partial charge < -0.3 is 10.6 Å². The van der Waals surface area contributed by atoms with Crippen LogP contribution in [-0.4, -0.2) is 31.1 Å². The normalized spacial score (nSPS) is 24.8. The van der Waals surface area contributed by atoms with Gasteiger partial charge in [-0.15, -0.1) is 0 Å². The summed E-state index contributed by atoms with van der Waals surface area (Å²) in [4.78, 5) is 2.69. The Labute approximate surface area is 113 Å². The molecule has 2 aliphatic rings. The molecule has 2 fully saturated rings. The Hall–Kier alpha value is -0.0800. The predicted octanol–water partition coefficient (Wildman–Crippen LogP) is 3.41. The second-order valence-corrected chi connectivity index (χ2v) is 7.52. The molecular weight excluding hydrogens is 220 g/mol. The van der Waals surface area contributed by atoms with Gasteiger partial charge in [-0.1, -0.05) is 26.7 Å². The van der Waals surface area contributed by atoms with Crippen molar-refractivity contribution in [1.82, 2.24) is 4.90 Å². The summed E-state index contributed by atoms with van der Waals surface area (Å²) in [6.07, 6.45) is 11.5. The Kier molecular flexibility index (Phi) is 4.71. The van der Waals surface area contributed by atoms with E-state index in [1.54, 1.807) is 0 Å². The van der Waals surface area contributed by atoms with E-state index in [0.717, 1.165) is 12.0 Å². The number of piperidine rings is 1. The zero-order valence-electron chi connectivity index (χ0n) is 12.5. The molecule has 18 heavy (non-hydrogen) atoms. The zero-order valence-corrected chi connectivity index (χ0v) is 12.5. The molecule has 1 saturated heterocycles. The van der Waals surface area contributed by atoms with E-state index >= 15 is 0 Å². The van der Waals surface area contributed by atoms with E-state index < -0.39 is 0 Å². The van der Waals surface area contributed by atoms with Gasteiger partial charge in [0.1, 0.15) is 0 Å². The van der Waals surface area contributed by atoms with Crippen LogP contribution in [0.3, 0.4) is 0 Å². The Morgan fingerprint density at radius 2 is 1.67 bits per heavy atom. The average molecular weight is 252 g/mol. The quantitative estimate of drug-likeness (QED) is 0.812.